The van der Waals surface area contributed by atoms with Gasteiger partial charge in [0.2, 0.25) is 0 Å². The van der Waals surface area contributed by atoms with Crippen LogP contribution in [-0.2, 0) is 46.9 Å². The van der Waals surface area contributed by atoms with Crippen molar-refractivity contribution in [2.75, 3.05) is 0 Å². The molecule has 8 heteroatoms. The maximum absolute atomic E-state index is 11.6. The van der Waals surface area contributed by atoms with E-state index in [1.807, 2.05) is 0 Å². The Balaban J connectivity index is 5.07. The Bertz CT molecular complexity index is 330. The summed E-state index contributed by atoms with van der Waals surface area (Å²) in [5.41, 5.74) is 0. The number of rotatable bonds is 10. The molecule has 0 bridgehead atoms. The van der Waals surface area contributed by atoms with Crippen molar-refractivity contribution < 1.29 is 46.9 Å². The number of hydrogen-bond donors (Lipinski definition) is 0. The van der Waals surface area contributed by atoms with E-state index < -0.39 is 35.7 Å². The molecule has 0 saturated carbocycles. The second-order valence-electron chi connectivity index (χ2n) is 4.39. The van der Waals surface area contributed by atoms with Gasteiger partial charge >= 0.3 is 129 Å². The fraction of sp³-hybridized carbons (Fsp3) is 0.692. The van der Waals surface area contributed by atoms with E-state index in [1.165, 1.54) is 0 Å². The number of carbonyl (C=O) groups is 4. The molecule has 0 atom stereocenters. The predicted octanol–water partition coefficient (Wildman–Crippen LogP) is 2.11. The fourth-order valence-electron chi connectivity index (χ4n) is 1.38. The van der Waals surface area contributed by atoms with Crippen LogP contribution in [0.25, 0.3) is 0 Å². The molecule has 0 aliphatic carbocycles. The topological polar surface area (TPSA) is 96.0 Å². The zero-order chi connectivity index (χ0) is 16.3. The van der Waals surface area contributed by atoms with E-state index in [0.29, 0.717) is 19.3 Å². The zero-order valence-electron chi connectivity index (χ0n) is 12.7. The van der Waals surface area contributed by atoms with Crippen molar-refractivity contribution in [3.63, 3.8) is 0 Å². The Morgan fingerprint density at radius 1 is 0.762 bits per heavy atom. The quantitative estimate of drug-likeness (QED) is 0.444. The Kier molecular flexibility index (Phi) is 9.91. The van der Waals surface area contributed by atoms with Crippen LogP contribution < -0.4 is 0 Å². The molecule has 0 N–H and O–H groups in total. The van der Waals surface area contributed by atoms with Crippen molar-refractivity contribution in [2.45, 2.75) is 59.3 Å². The summed E-state index contributed by atoms with van der Waals surface area (Å²) >= 11 is -4.89. The summed E-state index contributed by atoms with van der Waals surface area (Å²) in [6.45, 7) is 5.26. The first-order chi connectivity index (χ1) is 9.92. The van der Waals surface area contributed by atoms with Crippen LogP contribution >= 0.6 is 0 Å². The molecule has 0 unspecified atom stereocenters. The summed E-state index contributed by atoms with van der Waals surface area (Å²) in [5.74, 6) is -2.13. The molecule has 0 fully saturated rings. The predicted molar refractivity (Wildman–Crippen MR) is 69.8 cm³/mol. The first-order valence-electron chi connectivity index (χ1n) is 7.04. The van der Waals surface area contributed by atoms with Crippen molar-refractivity contribution in [3.05, 3.63) is 0 Å². The van der Waals surface area contributed by atoms with Gasteiger partial charge in [-0.3, -0.25) is 0 Å². The second-order valence-corrected chi connectivity index (χ2v) is 7.60. The molecule has 7 nitrogen and oxygen atoms in total. The van der Waals surface area contributed by atoms with Crippen LogP contribution in [0.1, 0.15) is 59.3 Å². The molecule has 0 spiro atoms. The van der Waals surface area contributed by atoms with Crippen molar-refractivity contribution in [2.24, 2.45) is 0 Å². The summed E-state index contributed by atoms with van der Waals surface area (Å²) in [7, 11) is 0. The van der Waals surface area contributed by atoms with E-state index in [2.05, 4.69) is 0 Å². The van der Waals surface area contributed by atoms with Crippen molar-refractivity contribution in [3.8, 4) is 0 Å². The van der Waals surface area contributed by atoms with Crippen molar-refractivity contribution in [1.82, 2.24) is 0 Å². The molecule has 0 aliphatic heterocycles. The van der Waals surface area contributed by atoms with Gasteiger partial charge in [0.1, 0.15) is 0 Å². The third-order valence-electron chi connectivity index (χ3n) is 2.27. The van der Waals surface area contributed by atoms with E-state index in [-0.39, 0.29) is 23.9 Å². The molecule has 0 saturated heterocycles. The van der Waals surface area contributed by atoms with Crippen LogP contribution in [0.5, 0.6) is 0 Å². The summed E-state index contributed by atoms with van der Waals surface area (Å²) in [5, 5.41) is 0. The third-order valence-corrected chi connectivity index (χ3v) is 5.13. The standard InChI is InChI=1S/3C4H8O2.CHO.Ti/c3*1-2-3-4(5)6;1-2;/h3*2-3H2,1H3,(H,5,6);1H;/q;;;;+3/p-3. The number of carbonyl (C=O) groups excluding carboxylic acids is 4. The fourth-order valence-corrected chi connectivity index (χ4v) is 3.76. The average Bonchev–Trinajstić information content (AvgIpc) is 2.39. The summed E-state index contributed by atoms with van der Waals surface area (Å²) < 4.78 is 15.1. The minimum absolute atomic E-state index is 0.0531. The molecule has 0 heterocycles. The Hall–Kier alpha value is -1.21. The molecule has 0 radical (unpaired) electrons. The van der Waals surface area contributed by atoms with E-state index in [9.17, 15) is 19.2 Å². The van der Waals surface area contributed by atoms with Crippen LogP contribution in [-0.4, -0.2) is 22.5 Å². The molecular weight excluding hydrogens is 316 g/mol. The van der Waals surface area contributed by atoms with Gasteiger partial charge in [0.15, 0.2) is 0 Å². The van der Waals surface area contributed by atoms with Gasteiger partial charge in [-0.15, -0.1) is 0 Å². The van der Waals surface area contributed by atoms with Crippen LogP contribution in [0.2, 0.25) is 0 Å². The maximum atomic E-state index is 11.6. The molecular formula is C13H22O7Ti. The molecule has 0 rings (SSSR count). The molecule has 0 aromatic rings. The van der Waals surface area contributed by atoms with E-state index in [4.69, 9.17) is 9.96 Å². The minimum atomic E-state index is -4.89. The van der Waals surface area contributed by atoms with Crippen molar-refractivity contribution in [1.29, 1.82) is 0 Å². The first-order valence-corrected chi connectivity index (χ1v) is 9.86. The van der Waals surface area contributed by atoms with Gasteiger partial charge in [0.05, 0.1) is 0 Å². The van der Waals surface area contributed by atoms with Crippen LogP contribution in [0.4, 0.5) is 0 Å². The van der Waals surface area contributed by atoms with E-state index >= 15 is 0 Å². The Labute approximate surface area is 129 Å². The van der Waals surface area contributed by atoms with Gasteiger partial charge in [-0.1, -0.05) is 0 Å². The second kappa shape index (κ2) is 10.5. The molecule has 120 valence electrons. The van der Waals surface area contributed by atoms with Crippen LogP contribution in [0.3, 0.4) is 0 Å². The van der Waals surface area contributed by atoms with Crippen LogP contribution in [0, 0.1) is 0 Å². The molecule has 21 heavy (non-hydrogen) atoms. The normalized spacial score (nSPS) is 10.6. The van der Waals surface area contributed by atoms with Gasteiger partial charge in [-0.2, -0.15) is 0 Å². The summed E-state index contributed by atoms with van der Waals surface area (Å²) in [4.78, 5) is 46.0. The van der Waals surface area contributed by atoms with Gasteiger partial charge in [-0.25, -0.2) is 0 Å². The molecule has 0 amide bonds. The first kappa shape index (κ1) is 19.8. The summed E-state index contributed by atoms with van der Waals surface area (Å²) in [6, 6.07) is 0. The number of hydrogen-bond acceptors (Lipinski definition) is 7. The monoisotopic (exact) mass is 338 g/mol. The summed E-state index contributed by atoms with van der Waals surface area (Å²) in [6.07, 6.45) is 1.66. The zero-order valence-corrected chi connectivity index (χ0v) is 14.2. The molecule has 0 aromatic carbocycles. The van der Waals surface area contributed by atoms with E-state index in [0.717, 1.165) is 0 Å². The van der Waals surface area contributed by atoms with Gasteiger partial charge in [-0.05, 0) is 0 Å². The molecule has 0 aliphatic rings. The van der Waals surface area contributed by atoms with Crippen molar-refractivity contribution >= 4 is 22.5 Å². The average molecular weight is 338 g/mol. The molecule has 0 aromatic heterocycles. The Morgan fingerprint density at radius 3 is 1.24 bits per heavy atom. The SMILES string of the molecule is CCCC(=O)[O][Ti]([CH]=O)([O]C(=O)CCC)[O]C(=O)CCC. The Morgan fingerprint density at radius 2 is 1.05 bits per heavy atom. The third kappa shape index (κ3) is 7.97. The van der Waals surface area contributed by atoms with Crippen LogP contribution in [0.15, 0.2) is 0 Å². The van der Waals surface area contributed by atoms with Gasteiger partial charge in [0, 0.05) is 0 Å². The van der Waals surface area contributed by atoms with Gasteiger partial charge < -0.3 is 0 Å². The van der Waals surface area contributed by atoms with Gasteiger partial charge in [0.25, 0.3) is 0 Å². The van der Waals surface area contributed by atoms with E-state index in [1.54, 1.807) is 20.8 Å².